The van der Waals surface area contributed by atoms with Gasteiger partial charge in [-0.25, -0.2) is 0 Å². The van der Waals surface area contributed by atoms with E-state index in [-0.39, 0.29) is 24.4 Å². The number of rotatable bonds is 6. The zero-order valence-corrected chi connectivity index (χ0v) is 17.1. The van der Waals surface area contributed by atoms with Crippen molar-refractivity contribution in [3.8, 4) is 11.5 Å². The third kappa shape index (κ3) is 4.42. The Morgan fingerprint density at radius 2 is 2.07 bits per heavy atom. The molecule has 28 heavy (non-hydrogen) atoms. The standard InChI is InChI=1S/C22H26N2O3.ClH/c1-4-6-15-11-16(13-20(26-2)21(15)27-3)22(25)24-19-8-5-7-14-12-17(23)9-10-18(14)19;/h4,9-13,19H,1,5-8,23H2,2-3H3,(H,24,25);1H. The Morgan fingerprint density at radius 1 is 1.29 bits per heavy atom. The molecule has 3 N–H and O–H groups in total. The van der Waals surface area contributed by atoms with Gasteiger partial charge in [0.15, 0.2) is 11.5 Å². The largest absolute Gasteiger partial charge is 0.493 e. The van der Waals surface area contributed by atoms with E-state index >= 15 is 0 Å². The highest BCUT2D eigenvalue weighted by molar-refractivity contribution is 5.95. The highest BCUT2D eigenvalue weighted by atomic mass is 35.5. The number of fused-ring (bicyclic) bond motifs is 1. The van der Waals surface area contributed by atoms with E-state index in [1.165, 1.54) is 5.56 Å². The Morgan fingerprint density at radius 3 is 2.75 bits per heavy atom. The van der Waals surface area contributed by atoms with Crippen LogP contribution in [0.25, 0.3) is 0 Å². The van der Waals surface area contributed by atoms with Gasteiger partial charge in [0.05, 0.1) is 20.3 Å². The number of amides is 1. The fourth-order valence-electron chi connectivity index (χ4n) is 3.71. The van der Waals surface area contributed by atoms with Crippen LogP contribution in [0.2, 0.25) is 0 Å². The lowest BCUT2D eigenvalue weighted by atomic mass is 9.87. The molecule has 1 aliphatic carbocycles. The molecule has 1 amide bonds. The minimum Gasteiger partial charge on any atom is -0.493 e. The normalized spacial score (nSPS) is 15.0. The monoisotopic (exact) mass is 402 g/mol. The van der Waals surface area contributed by atoms with Crippen LogP contribution < -0.4 is 20.5 Å². The van der Waals surface area contributed by atoms with Gasteiger partial charge in [0.1, 0.15) is 0 Å². The Kier molecular flexibility index (Phi) is 7.35. The van der Waals surface area contributed by atoms with Gasteiger partial charge < -0.3 is 20.5 Å². The number of allylic oxidation sites excluding steroid dienone is 1. The van der Waals surface area contributed by atoms with Crippen molar-refractivity contribution in [2.75, 3.05) is 20.0 Å². The van der Waals surface area contributed by atoms with Crippen molar-refractivity contribution in [2.24, 2.45) is 0 Å². The summed E-state index contributed by atoms with van der Waals surface area (Å²) in [5.74, 6) is 1.04. The molecular weight excluding hydrogens is 376 g/mol. The SMILES string of the molecule is C=CCc1cc(C(=O)NC2CCCc3cc(N)ccc32)cc(OC)c1OC.Cl. The van der Waals surface area contributed by atoms with Crippen molar-refractivity contribution in [1.29, 1.82) is 0 Å². The van der Waals surface area contributed by atoms with E-state index in [1.54, 1.807) is 26.4 Å². The molecule has 0 bridgehead atoms. The first-order valence-corrected chi connectivity index (χ1v) is 9.12. The molecule has 0 saturated carbocycles. The number of carbonyl (C=O) groups excluding carboxylic acids is 1. The molecule has 5 nitrogen and oxygen atoms in total. The van der Waals surface area contributed by atoms with E-state index < -0.39 is 0 Å². The fourth-order valence-corrected chi connectivity index (χ4v) is 3.71. The van der Waals surface area contributed by atoms with E-state index in [1.807, 2.05) is 24.3 Å². The van der Waals surface area contributed by atoms with Crippen molar-refractivity contribution in [3.63, 3.8) is 0 Å². The maximum atomic E-state index is 13.0. The predicted molar refractivity (Wildman–Crippen MR) is 115 cm³/mol. The molecule has 0 radical (unpaired) electrons. The lowest BCUT2D eigenvalue weighted by Crippen LogP contribution is -2.31. The Labute approximate surface area is 172 Å². The molecule has 0 aromatic heterocycles. The summed E-state index contributed by atoms with van der Waals surface area (Å²) in [5, 5.41) is 3.17. The lowest BCUT2D eigenvalue weighted by molar-refractivity contribution is 0.0932. The van der Waals surface area contributed by atoms with Gasteiger partial charge in [0, 0.05) is 16.8 Å². The van der Waals surface area contributed by atoms with Crippen molar-refractivity contribution in [3.05, 3.63) is 65.2 Å². The second-order valence-electron chi connectivity index (χ2n) is 6.74. The molecule has 1 atom stereocenters. The molecule has 6 heteroatoms. The number of aryl methyl sites for hydroxylation is 1. The highest BCUT2D eigenvalue weighted by Gasteiger charge is 2.23. The Balaban J connectivity index is 0.00000280. The summed E-state index contributed by atoms with van der Waals surface area (Å²) in [7, 11) is 3.16. The van der Waals surface area contributed by atoms with E-state index in [0.29, 0.717) is 23.5 Å². The summed E-state index contributed by atoms with van der Waals surface area (Å²) in [6.07, 6.45) is 5.30. The molecule has 1 aliphatic rings. The van der Waals surface area contributed by atoms with E-state index in [2.05, 4.69) is 11.9 Å². The van der Waals surface area contributed by atoms with Crippen LogP contribution in [0.5, 0.6) is 11.5 Å². The van der Waals surface area contributed by atoms with E-state index in [4.69, 9.17) is 15.2 Å². The minimum absolute atomic E-state index is 0. The van der Waals surface area contributed by atoms with Gasteiger partial charge in [-0.3, -0.25) is 4.79 Å². The first kappa shape index (κ1) is 21.6. The van der Waals surface area contributed by atoms with Crippen LogP contribution >= 0.6 is 12.4 Å². The Bertz CT molecular complexity index is 867. The van der Waals surface area contributed by atoms with Gasteiger partial charge in [0.25, 0.3) is 5.91 Å². The van der Waals surface area contributed by atoms with Crippen LogP contribution in [0, 0.1) is 0 Å². The maximum Gasteiger partial charge on any atom is 0.251 e. The summed E-state index contributed by atoms with van der Waals surface area (Å²) in [6, 6.07) is 9.46. The minimum atomic E-state index is -0.129. The van der Waals surface area contributed by atoms with Crippen LogP contribution in [0.4, 0.5) is 5.69 Å². The first-order chi connectivity index (χ1) is 13.1. The molecule has 2 aromatic rings. The maximum absolute atomic E-state index is 13.0. The molecule has 0 spiro atoms. The van der Waals surface area contributed by atoms with Gasteiger partial charge in [-0.1, -0.05) is 12.1 Å². The van der Waals surface area contributed by atoms with Crippen LogP contribution in [0.3, 0.4) is 0 Å². The van der Waals surface area contributed by atoms with Gasteiger partial charge in [-0.05, 0) is 61.1 Å². The molecule has 0 aliphatic heterocycles. The zero-order chi connectivity index (χ0) is 19.4. The molecule has 2 aromatic carbocycles. The summed E-state index contributed by atoms with van der Waals surface area (Å²) >= 11 is 0. The number of benzene rings is 2. The van der Waals surface area contributed by atoms with E-state index in [9.17, 15) is 4.79 Å². The molecule has 0 fully saturated rings. The van der Waals surface area contributed by atoms with Crippen molar-refractivity contribution >= 4 is 24.0 Å². The van der Waals surface area contributed by atoms with Crippen LogP contribution in [-0.2, 0) is 12.8 Å². The summed E-state index contributed by atoms with van der Waals surface area (Å²) in [5.41, 5.74) is 10.4. The molecule has 3 rings (SSSR count). The van der Waals surface area contributed by atoms with Crippen molar-refractivity contribution in [2.45, 2.75) is 31.7 Å². The third-order valence-electron chi connectivity index (χ3n) is 4.97. The number of methoxy groups -OCH3 is 2. The molecule has 0 saturated heterocycles. The third-order valence-corrected chi connectivity index (χ3v) is 4.97. The van der Waals surface area contributed by atoms with Crippen LogP contribution in [-0.4, -0.2) is 20.1 Å². The molecular formula is C22H27ClN2O3. The number of nitrogens with one attached hydrogen (secondary N) is 1. The van der Waals surface area contributed by atoms with E-state index in [0.717, 1.165) is 36.1 Å². The topological polar surface area (TPSA) is 73.6 Å². The van der Waals surface area contributed by atoms with Crippen molar-refractivity contribution in [1.82, 2.24) is 5.32 Å². The Hall–Kier alpha value is -2.66. The number of ether oxygens (including phenoxy) is 2. The van der Waals surface area contributed by atoms with Gasteiger partial charge in [-0.15, -0.1) is 19.0 Å². The summed E-state index contributed by atoms with van der Waals surface area (Å²) < 4.78 is 10.9. The first-order valence-electron chi connectivity index (χ1n) is 9.12. The number of hydrogen-bond donors (Lipinski definition) is 2. The number of halogens is 1. The van der Waals surface area contributed by atoms with Gasteiger partial charge in [0.2, 0.25) is 0 Å². The number of anilines is 1. The zero-order valence-electron chi connectivity index (χ0n) is 16.3. The number of hydrogen-bond acceptors (Lipinski definition) is 4. The number of nitrogens with two attached hydrogens (primary N) is 1. The lowest BCUT2D eigenvalue weighted by Gasteiger charge is -2.27. The highest BCUT2D eigenvalue weighted by Crippen LogP contribution is 2.34. The quantitative estimate of drug-likeness (QED) is 0.559. The van der Waals surface area contributed by atoms with Crippen molar-refractivity contribution < 1.29 is 14.3 Å². The molecule has 0 heterocycles. The average molecular weight is 403 g/mol. The number of nitrogen functional groups attached to an aromatic ring is 1. The van der Waals surface area contributed by atoms with Crippen LogP contribution in [0.15, 0.2) is 43.0 Å². The number of carbonyl (C=O) groups is 1. The van der Waals surface area contributed by atoms with Crippen LogP contribution in [0.1, 0.15) is 45.9 Å². The second kappa shape index (κ2) is 9.51. The second-order valence-corrected chi connectivity index (χ2v) is 6.74. The van der Waals surface area contributed by atoms with Gasteiger partial charge >= 0.3 is 0 Å². The summed E-state index contributed by atoms with van der Waals surface area (Å²) in [6.45, 7) is 3.78. The average Bonchev–Trinajstić information content (AvgIpc) is 2.67. The summed E-state index contributed by atoms with van der Waals surface area (Å²) in [4.78, 5) is 13.0. The fraction of sp³-hybridized carbons (Fsp3) is 0.318. The smallest absolute Gasteiger partial charge is 0.251 e. The molecule has 1 unspecified atom stereocenters. The van der Waals surface area contributed by atoms with Gasteiger partial charge in [-0.2, -0.15) is 0 Å². The molecule has 150 valence electrons. The predicted octanol–water partition coefficient (Wildman–Crippen LogP) is 4.24.